The Morgan fingerprint density at radius 1 is 1.32 bits per heavy atom. The molecule has 0 aromatic rings. The molecule has 0 atom stereocenters. The summed E-state index contributed by atoms with van der Waals surface area (Å²) in [6.07, 6.45) is 6.20. The second-order valence-electron chi connectivity index (χ2n) is 5.36. The fourth-order valence-electron chi connectivity index (χ4n) is 2.26. The molecule has 1 fully saturated rings. The Bertz CT molecular complexity index is 210. The molecule has 0 aromatic carbocycles. The van der Waals surface area contributed by atoms with Crippen LogP contribution in [0, 0.1) is 0 Å². The van der Waals surface area contributed by atoms with Gasteiger partial charge in [-0.1, -0.05) is 35.4 Å². The lowest BCUT2D eigenvalue weighted by atomic mass is 10.1. The molecule has 5 heteroatoms. The molecule has 0 unspecified atom stereocenters. The van der Waals surface area contributed by atoms with Crippen molar-refractivity contribution in [1.82, 2.24) is 10.2 Å². The molecule has 1 rings (SSSR count). The lowest BCUT2D eigenvalue weighted by Gasteiger charge is -2.31. The van der Waals surface area contributed by atoms with Crippen LogP contribution in [-0.2, 0) is 4.74 Å². The van der Waals surface area contributed by atoms with E-state index >= 15 is 0 Å². The highest BCUT2D eigenvalue weighted by atomic mass is 33.1. The van der Waals surface area contributed by atoms with Crippen molar-refractivity contribution in [3.8, 4) is 0 Å². The maximum Gasteiger partial charge on any atom is 0.0599 e. The molecular weight excluding hydrogens is 276 g/mol. The molecule has 0 spiro atoms. The second kappa shape index (κ2) is 11.3. The van der Waals surface area contributed by atoms with Crippen LogP contribution >= 0.6 is 21.6 Å². The topological polar surface area (TPSA) is 24.5 Å². The highest BCUT2D eigenvalue weighted by Crippen LogP contribution is 2.18. The first kappa shape index (κ1) is 17.6. The van der Waals surface area contributed by atoms with Gasteiger partial charge in [-0.15, -0.1) is 0 Å². The summed E-state index contributed by atoms with van der Waals surface area (Å²) in [6, 6.07) is 0.586. The van der Waals surface area contributed by atoms with Gasteiger partial charge in [0.2, 0.25) is 0 Å². The van der Waals surface area contributed by atoms with Crippen LogP contribution in [0.2, 0.25) is 0 Å². The minimum Gasteiger partial charge on any atom is -0.378 e. The van der Waals surface area contributed by atoms with Crippen LogP contribution in [0.1, 0.15) is 33.1 Å². The Hall–Kier alpha value is 0.580. The standard InChI is InChI=1S/C14H30N2OS2/c1-13(2)15-7-4-11-17-14-5-8-16(9-6-14)10-12-19-18-3/h13-15H,4-12H2,1-3H3. The lowest BCUT2D eigenvalue weighted by Crippen LogP contribution is -2.38. The predicted molar refractivity (Wildman–Crippen MR) is 89.1 cm³/mol. The van der Waals surface area contributed by atoms with Gasteiger partial charge in [0.1, 0.15) is 0 Å². The zero-order chi connectivity index (χ0) is 13.9. The van der Waals surface area contributed by atoms with Crippen LogP contribution in [0.25, 0.3) is 0 Å². The highest BCUT2D eigenvalue weighted by molar-refractivity contribution is 8.76. The number of likely N-dealkylation sites (tertiary alicyclic amines) is 1. The average molecular weight is 307 g/mol. The van der Waals surface area contributed by atoms with Crippen molar-refractivity contribution in [3.63, 3.8) is 0 Å². The average Bonchev–Trinajstić information content (AvgIpc) is 2.40. The first-order valence-electron chi connectivity index (χ1n) is 7.45. The molecule has 3 nitrogen and oxygen atoms in total. The van der Waals surface area contributed by atoms with Crippen LogP contribution in [0.5, 0.6) is 0 Å². The van der Waals surface area contributed by atoms with Gasteiger partial charge in [-0.25, -0.2) is 0 Å². The summed E-state index contributed by atoms with van der Waals surface area (Å²) in [6.45, 7) is 10.0. The number of nitrogens with one attached hydrogen (secondary N) is 1. The van der Waals surface area contributed by atoms with E-state index in [0.29, 0.717) is 12.1 Å². The van der Waals surface area contributed by atoms with Gasteiger partial charge in [-0.3, -0.25) is 0 Å². The Kier molecular flexibility index (Phi) is 10.5. The molecule has 19 heavy (non-hydrogen) atoms. The third kappa shape index (κ3) is 9.19. The molecule has 0 aliphatic carbocycles. The number of piperidine rings is 1. The molecule has 0 radical (unpaired) electrons. The Morgan fingerprint density at radius 3 is 2.68 bits per heavy atom. The fraction of sp³-hybridized carbons (Fsp3) is 1.00. The number of hydrogen-bond acceptors (Lipinski definition) is 5. The fourth-order valence-corrected chi connectivity index (χ4v) is 3.49. The zero-order valence-corrected chi connectivity index (χ0v) is 14.3. The summed E-state index contributed by atoms with van der Waals surface area (Å²) in [5, 5.41) is 3.43. The molecule has 1 N–H and O–H groups in total. The third-order valence-electron chi connectivity index (χ3n) is 3.37. The summed E-state index contributed by atoms with van der Waals surface area (Å²) in [5.74, 6) is 1.24. The van der Waals surface area contributed by atoms with E-state index in [9.17, 15) is 0 Å². The number of hydrogen-bond donors (Lipinski definition) is 1. The predicted octanol–water partition coefficient (Wildman–Crippen LogP) is 2.87. The summed E-state index contributed by atoms with van der Waals surface area (Å²) in [5.41, 5.74) is 0. The Labute approximate surface area is 127 Å². The maximum atomic E-state index is 5.96. The molecule has 0 aromatic heterocycles. The first-order chi connectivity index (χ1) is 9.22. The van der Waals surface area contributed by atoms with E-state index in [2.05, 4.69) is 30.3 Å². The number of ether oxygens (including phenoxy) is 1. The minimum atomic E-state index is 0.503. The van der Waals surface area contributed by atoms with Gasteiger partial charge in [0.15, 0.2) is 0 Å². The monoisotopic (exact) mass is 306 g/mol. The van der Waals surface area contributed by atoms with E-state index in [-0.39, 0.29) is 0 Å². The Morgan fingerprint density at radius 2 is 2.05 bits per heavy atom. The zero-order valence-electron chi connectivity index (χ0n) is 12.7. The van der Waals surface area contributed by atoms with Crippen LogP contribution in [0.4, 0.5) is 0 Å². The van der Waals surface area contributed by atoms with Gasteiger partial charge in [0.25, 0.3) is 0 Å². The van der Waals surface area contributed by atoms with Gasteiger partial charge in [0.05, 0.1) is 6.10 Å². The largest absolute Gasteiger partial charge is 0.378 e. The van der Waals surface area contributed by atoms with E-state index in [1.165, 1.54) is 38.2 Å². The molecule has 1 aliphatic heterocycles. The van der Waals surface area contributed by atoms with E-state index < -0.39 is 0 Å². The lowest BCUT2D eigenvalue weighted by molar-refractivity contribution is 0.00787. The normalized spacial score (nSPS) is 18.3. The molecule has 1 saturated heterocycles. The quantitative estimate of drug-likeness (QED) is 0.494. The molecule has 1 heterocycles. The van der Waals surface area contributed by atoms with Gasteiger partial charge in [-0.2, -0.15) is 0 Å². The minimum absolute atomic E-state index is 0.503. The van der Waals surface area contributed by atoms with Crippen molar-refractivity contribution in [3.05, 3.63) is 0 Å². The molecule has 0 saturated carbocycles. The van der Waals surface area contributed by atoms with Crippen LogP contribution in [0.3, 0.4) is 0 Å². The Balaban J connectivity index is 1.94. The summed E-state index contributed by atoms with van der Waals surface area (Å²) >= 11 is 0. The highest BCUT2D eigenvalue weighted by Gasteiger charge is 2.18. The van der Waals surface area contributed by atoms with Crippen molar-refractivity contribution in [2.45, 2.75) is 45.3 Å². The maximum absolute atomic E-state index is 5.96. The summed E-state index contributed by atoms with van der Waals surface area (Å²) in [4.78, 5) is 2.57. The molecular formula is C14H30N2OS2. The van der Waals surface area contributed by atoms with Crippen molar-refractivity contribution < 1.29 is 4.74 Å². The van der Waals surface area contributed by atoms with Gasteiger partial charge in [0, 0.05) is 38.0 Å². The molecule has 0 amide bonds. The van der Waals surface area contributed by atoms with Crippen molar-refractivity contribution in [2.24, 2.45) is 0 Å². The number of rotatable bonds is 10. The van der Waals surface area contributed by atoms with E-state index in [1.54, 1.807) is 0 Å². The summed E-state index contributed by atoms with van der Waals surface area (Å²) in [7, 11) is 3.83. The number of nitrogens with zero attached hydrogens (tertiary/aromatic N) is 1. The van der Waals surface area contributed by atoms with Crippen LogP contribution in [-0.4, -0.2) is 61.8 Å². The summed E-state index contributed by atoms with van der Waals surface area (Å²) < 4.78 is 5.96. The van der Waals surface area contributed by atoms with E-state index in [0.717, 1.165) is 19.6 Å². The second-order valence-corrected chi connectivity index (χ2v) is 8.05. The first-order valence-corrected chi connectivity index (χ1v) is 10.2. The van der Waals surface area contributed by atoms with Crippen molar-refractivity contribution in [2.75, 3.05) is 44.8 Å². The molecule has 114 valence electrons. The van der Waals surface area contributed by atoms with Crippen molar-refractivity contribution >= 4 is 21.6 Å². The smallest absolute Gasteiger partial charge is 0.0599 e. The SMILES string of the molecule is CSSCCN1CCC(OCCCNC(C)C)CC1. The van der Waals surface area contributed by atoms with Gasteiger partial charge < -0.3 is 15.0 Å². The molecule has 0 bridgehead atoms. The van der Waals surface area contributed by atoms with Crippen LogP contribution in [0.15, 0.2) is 0 Å². The van der Waals surface area contributed by atoms with E-state index in [4.69, 9.17) is 4.74 Å². The van der Waals surface area contributed by atoms with Gasteiger partial charge >= 0.3 is 0 Å². The van der Waals surface area contributed by atoms with Crippen LogP contribution < -0.4 is 5.32 Å². The van der Waals surface area contributed by atoms with Gasteiger partial charge in [-0.05, 0) is 32.1 Å². The molecule has 1 aliphatic rings. The van der Waals surface area contributed by atoms with Crippen molar-refractivity contribution in [1.29, 1.82) is 0 Å². The van der Waals surface area contributed by atoms with E-state index in [1.807, 2.05) is 21.6 Å². The third-order valence-corrected chi connectivity index (χ3v) is 5.16.